The van der Waals surface area contributed by atoms with Crippen molar-refractivity contribution in [2.24, 2.45) is 0 Å². The Kier molecular flexibility index (Phi) is 5.94. The first kappa shape index (κ1) is 22.7. The molecule has 0 radical (unpaired) electrons. The van der Waals surface area contributed by atoms with Crippen molar-refractivity contribution in [3.8, 4) is 22.9 Å². The number of carbonyl (C=O) groups excluding carboxylic acids is 1. The molecule has 11 nitrogen and oxygen atoms in total. The van der Waals surface area contributed by atoms with Crippen LogP contribution < -0.4 is 19.5 Å². The second kappa shape index (κ2) is 9.40. The summed E-state index contributed by atoms with van der Waals surface area (Å²) in [5.74, 6) is 2.46. The smallest absolute Gasteiger partial charge is 0.251 e. The Morgan fingerprint density at radius 1 is 1.25 bits per heavy atom. The maximum absolute atomic E-state index is 12.6. The standard InChI is InChI=1S/C25H28N6O5/c1-30-10-9-16-12-19-22(36-14-35-19)23(33-2)20(16)21(30)24-27-28-29-31(24)17-7-5-15(6-8-17)25(32)26-13-18-4-3-11-34-18/h5-8,12,18,21H,3-4,9-11,13-14H2,1-2H3,(H,26,32)/t18-,21-/m1/s1. The van der Waals surface area contributed by atoms with E-state index < -0.39 is 0 Å². The zero-order chi connectivity index (χ0) is 24.6. The van der Waals surface area contributed by atoms with Crippen LogP contribution >= 0.6 is 0 Å². The largest absolute Gasteiger partial charge is 0.492 e. The molecule has 1 N–H and O–H groups in total. The molecule has 4 heterocycles. The minimum absolute atomic E-state index is 0.0996. The van der Waals surface area contributed by atoms with Crippen molar-refractivity contribution in [3.63, 3.8) is 0 Å². The van der Waals surface area contributed by atoms with E-state index in [1.54, 1.807) is 23.9 Å². The topological polar surface area (TPSA) is 113 Å². The van der Waals surface area contributed by atoms with E-state index in [2.05, 4.69) is 25.7 Å². The maximum Gasteiger partial charge on any atom is 0.251 e. The van der Waals surface area contributed by atoms with Gasteiger partial charge in [0.1, 0.15) is 6.04 Å². The second-order valence-corrected chi connectivity index (χ2v) is 9.19. The van der Waals surface area contributed by atoms with Crippen LogP contribution in [0.3, 0.4) is 0 Å². The number of tetrazole rings is 1. The highest BCUT2D eigenvalue weighted by Crippen LogP contribution is 2.50. The zero-order valence-corrected chi connectivity index (χ0v) is 20.3. The number of methoxy groups -OCH3 is 1. The van der Waals surface area contributed by atoms with Gasteiger partial charge < -0.3 is 24.3 Å². The van der Waals surface area contributed by atoms with Gasteiger partial charge in [0.2, 0.25) is 12.5 Å². The lowest BCUT2D eigenvalue weighted by molar-refractivity contribution is 0.0858. The average molecular weight is 493 g/mol. The molecule has 11 heteroatoms. The van der Waals surface area contributed by atoms with Gasteiger partial charge in [-0.05, 0) is 72.6 Å². The monoisotopic (exact) mass is 492 g/mol. The molecule has 1 fully saturated rings. The Labute approximate surface area is 208 Å². The van der Waals surface area contributed by atoms with Gasteiger partial charge in [-0.15, -0.1) is 5.10 Å². The van der Waals surface area contributed by atoms with E-state index in [1.165, 1.54) is 0 Å². The minimum atomic E-state index is -0.261. The first-order chi connectivity index (χ1) is 17.6. The van der Waals surface area contributed by atoms with Crippen molar-refractivity contribution >= 4 is 5.91 Å². The van der Waals surface area contributed by atoms with Gasteiger partial charge in [0, 0.05) is 30.8 Å². The number of hydrogen-bond acceptors (Lipinski definition) is 9. The van der Waals surface area contributed by atoms with E-state index in [9.17, 15) is 4.79 Å². The van der Waals surface area contributed by atoms with Gasteiger partial charge >= 0.3 is 0 Å². The normalized spacial score (nSPS) is 20.8. The van der Waals surface area contributed by atoms with Gasteiger partial charge in [-0.1, -0.05) is 0 Å². The summed E-state index contributed by atoms with van der Waals surface area (Å²) in [6, 6.07) is 9.02. The van der Waals surface area contributed by atoms with Gasteiger partial charge in [0.15, 0.2) is 17.3 Å². The molecule has 1 aromatic heterocycles. The minimum Gasteiger partial charge on any atom is -0.492 e. The van der Waals surface area contributed by atoms with E-state index in [0.717, 1.165) is 49.2 Å². The van der Waals surface area contributed by atoms with Gasteiger partial charge in [-0.2, -0.15) is 4.68 Å². The Balaban J connectivity index is 1.30. The molecule has 3 aromatic rings. The molecule has 3 aliphatic rings. The van der Waals surface area contributed by atoms with E-state index >= 15 is 0 Å². The number of benzene rings is 2. The van der Waals surface area contributed by atoms with Crippen molar-refractivity contribution in [1.29, 1.82) is 0 Å². The molecule has 0 unspecified atom stereocenters. The van der Waals surface area contributed by atoms with Gasteiger partial charge in [-0.25, -0.2) is 0 Å². The molecular formula is C25H28N6O5. The van der Waals surface area contributed by atoms with Crippen LogP contribution in [0.15, 0.2) is 30.3 Å². The van der Waals surface area contributed by atoms with Crippen molar-refractivity contribution in [1.82, 2.24) is 30.4 Å². The zero-order valence-electron chi connectivity index (χ0n) is 20.3. The van der Waals surface area contributed by atoms with Crippen LogP contribution in [0, 0.1) is 0 Å². The Morgan fingerprint density at radius 3 is 2.89 bits per heavy atom. The van der Waals surface area contributed by atoms with E-state index in [0.29, 0.717) is 35.2 Å². The Bertz CT molecular complexity index is 1270. The number of likely N-dealkylation sites (N-methyl/N-ethyl adjacent to an activating group) is 1. The number of ether oxygens (including phenoxy) is 4. The molecule has 0 saturated carbocycles. The molecule has 36 heavy (non-hydrogen) atoms. The fraction of sp³-hybridized carbons (Fsp3) is 0.440. The second-order valence-electron chi connectivity index (χ2n) is 9.19. The predicted octanol–water partition coefficient (Wildman–Crippen LogP) is 1.89. The SMILES string of the molecule is COc1c2c(cc3c1[C@H](c1nnnn1-c1ccc(C(=O)NC[C@H]4CCCO4)cc1)N(C)CC3)OCO2. The lowest BCUT2D eigenvalue weighted by atomic mass is 9.90. The maximum atomic E-state index is 12.6. The van der Waals surface area contributed by atoms with E-state index in [-0.39, 0.29) is 24.8 Å². The molecule has 0 bridgehead atoms. The first-order valence-corrected chi connectivity index (χ1v) is 12.1. The summed E-state index contributed by atoms with van der Waals surface area (Å²) in [6.45, 7) is 2.27. The van der Waals surface area contributed by atoms with Gasteiger partial charge in [0.25, 0.3) is 5.91 Å². The molecule has 3 aliphatic heterocycles. The summed E-state index contributed by atoms with van der Waals surface area (Å²) in [5, 5.41) is 15.6. The molecule has 0 aliphatic carbocycles. The summed E-state index contributed by atoms with van der Waals surface area (Å²) < 4.78 is 24.5. The lowest BCUT2D eigenvalue weighted by Crippen LogP contribution is -2.35. The number of aromatic nitrogens is 4. The summed E-state index contributed by atoms with van der Waals surface area (Å²) in [6.07, 6.45) is 2.96. The number of fused-ring (bicyclic) bond motifs is 2. The third kappa shape index (κ3) is 3.94. The summed E-state index contributed by atoms with van der Waals surface area (Å²) >= 11 is 0. The summed E-state index contributed by atoms with van der Waals surface area (Å²) in [5.41, 5.74) is 3.41. The highest BCUT2D eigenvalue weighted by Gasteiger charge is 2.37. The highest BCUT2D eigenvalue weighted by atomic mass is 16.7. The number of rotatable bonds is 6. The first-order valence-electron chi connectivity index (χ1n) is 12.1. The molecule has 1 amide bonds. The van der Waals surface area contributed by atoms with Crippen molar-refractivity contribution in [2.75, 3.05) is 40.6 Å². The quantitative estimate of drug-likeness (QED) is 0.551. The van der Waals surface area contributed by atoms with Gasteiger partial charge in [-0.3, -0.25) is 9.69 Å². The number of amides is 1. The molecule has 1 saturated heterocycles. The molecule has 6 rings (SSSR count). The fourth-order valence-corrected chi connectivity index (χ4v) is 5.18. The van der Waals surface area contributed by atoms with Crippen molar-refractivity contribution in [3.05, 3.63) is 52.8 Å². The third-order valence-corrected chi connectivity index (χ3v) is 7.02. The van der Waals surface area contributed by atoms with E-state index in [4.69, 9.17) is 18.9 Å². The average Bonchev–Trinajstić information content (AvgIpc) is 3.68. The molecular weight excluding hydrogens is 464 g/mol. The lowest BCUT2D eigenvalue weighted by Gasteiger charge is -2.34. The van der Waals surface area contributed by atoms with Crippen LogP contribution in [0.25, 0.3) is 5.69 Å². The fourth-order valence-electron chi connectivity index (χ4n) is 5.18. The van der Waals surface area contributed by atoms with E-state index in [1.807, 2.05) is 25.2 Å². The molecule has 2 aromatic carbocycles. The van der Waals surface area contributed by atoms with Crippen LogP contribution in [-0.2, 0) is 11.2 Å². The van der Waals surface area contributed by atoms with Crippen LogP contribution in [-0.4, -0.2) is 77.8 Å². The molecule has 2 atom stereocenters. The highest BCUT2D eigenvalue weighted by molar-refractivity contribution is 5.94. The van der Waals surface area contributed by atoms with Crippen LogP contribution in [0.1, 0.15) is 46.2 Å². The van der Waals surface area contributed by atoms with Crippen molar-refractivity contribution in [2.45, 2.75) is 31.4 Å². The number of hydrogen-bond donors (Lipinski definition) is 1. The Morgan fingerprint density at radius 2 is 2.11 bits per heavy atom. The molecule has 0 spiro atoms. The van der Waals surface area contributed by atoms with Crippen LogP contribution in [0.2, 0.25) is 0 Å². The summed E-state index contributed by atoms with van der Waals surface area (Å²) in [7, 11) is 3.67. The van der Waals surface area contributed by atoms with Crippen LogP contribution in [0.4, 0.5) is 0 Å². The Hall–Kier alpha value is -3.70. The summed E-state index contributed by atoms with van der Waals surface area (Å²) in [4.78, 5) is 14.8. The predicted molar refractivity (Wildman–Crippen MR) is 128 cm³/mol. The third-order valence-electron chi connectivity index (χ3n) is 7.02. The van der Waals surface area contributed by atoms with Crippen LogP contribution in [0.5, 0.6) is 17.2 Å². The van der Waals surface area contributed by atoms with Crippen molar-refractivity contribution < 1.29 is 23.7 Å². The molecule has 188 valence electrons. The van der Waals surface area contributed by atoms with Gasteiger partial charge in [0.05, 0.1) is 18.9 Å². The number of nitrogens with one attached hydrogen (secondary N) is 1. The number of nitrogens with zero attached hydrogens (tertiary/aromatic N) is 5. The number of carbonyl (C=O) groups is 1.